The van der Waals surface area contributed by atoms with Gasteiger partial charge < -0.3 is 14.2 Å². The molecule has 0 N–H and O–H groups in total. The first-order chi connectivity index (χ1) is 26.7. The molecule has 10 aromatic rings. The maximum atomic E-state index is 6.55. The van der Waals surface area contributed by atoms with Crippen molar-refractivity contribution >= 4 is 77.6 Å². The van der Waals surface area contributed by atoms with Gasteiger partial charge in [-0.05, 0) is 147 Å². The van der Waals surface area contributed by atoms with E-state index < -0.39 is 0 Å². The van der Waals surface area contributed by atoms with Crippen LogP contribution in [0.3, 0.4) is 0 Å². The molecule has 0 bridgehead atoms. The zero-order chi connectivity index (χ0) is 35.8. The molecule has 0 saturated heterocycles. The zero-order valence-electron chi connectivity index (χ0n) is 29.7. The molecule has 1 heterocycles. The molecule has 254 valence electrons. The summed E-state index contributed by atoms with van der Waals surface area (Å²) >= 11 is 0. The van der Waals surface area contributed by atoms with E-state index in [2.05, 4.69) is 193 Å². The monoisotopic (exact) mass is 690 g/mol. The summed E-state index contributed by atoms with van der Waals surface area (Å²) < 4.78 is 6.55. The lowest BCUT2D eigenvalue weighted by atomic mass is 9.78. The summed E-state index contributed by atoms with van der Waals surface area (Å²) in [6.45, 7) is 2.18. The Morgan fingerprint density at radius 2 is 0.833 bits per heavy atom. The minimum Gasteiger partial charge on any atom is -0.454 e. The molecular weight excluding hydrogens is 657 g/mol. The van der Waals surface area contributed by atoms with E-state index in [1.54, 1.807) is 0 Å². The average molecular weight is 691 g/mol. The van der Waals surface area contributed by atoms with Gasteiger partial charge in [0.15, 0.2) is 5.58 Å². The van der Waals surface area contributed by atoms with Gasteiger partial charge in [0.1, 0.15) is 5.58 Å². The maximum Gasteiger partial charge on any atom is 0.159 e. The Balaban J connectivity index is 1.02. The molecule has 0 aliphatic heterocycles. The van der Waals surface area contributed by atoms with Crippen LogP contribution in [0.15, 0.2) is 192 Å². The molecule has 9 aromatic carbocycles. The van der Waals surface area contributed by atoms with E-state index in [4.69, 9.17) is 4.42 Å². The molecule has 0 amide bonds. The van der Waals surface area contributed by atoms with Crippen molar-refractivity contribution in [3.05, 3.63) is 194 Å². The second-order valence-corrected chi connectivity index (χ2v) is 14.2. The smallest absolute Gasteiger partial charge is 0.159 e. The largest absolute Gasteiger partial charge is 0.454 e. The van der Waals surface area contributed by atoms with E-state index in [1.165, 1.54) is 55.0 Å². The highest BCUT2D eigenvalue weighted by molar-refractivity contribution is 6.13. The standard InChI is InChI=1S/C51H34N2O/c1-33-13-8-10-20-48(33)52(38-14-4-2-5-15-38)40-25-23-34-29-44-45-30-35-24-26-41(28-37(35)32-47(45)46(44)31-36(34)27-40)53(39-16-6-3-7-17-39)49-21-12-19-43-42-18-9-11-22-50(42)54-51(43)49/h2-32H,1H3. The number of para-hydroxylation sites is 5. The molecule has 54 heavy (non-hydrogen) atoms. The summed E-state index contributed by atoms with van der Waals surface area (Å²) in [5.74, 6) is 0. The van der Waals surface area contributed by atoms with Crippen molar-refractivity contribution in [2.24, 2.45) is 0 Å². The number of benzene rings is 9. The van der Waals surface area contributed by atoms with Crippen molar-refractivity contribution in [3.63, 3.8) is 0 Å². The quantitative estimate of drug-likeness (QED) is 0.173. The van der Waals surface area contributed by atoms with E-state index in [1.807, 2.05) is 12.1 Å². The Hall–Kier alpha value is -7.10. The van der Waals surface area contributed by atoms with Crippen LogP contribution in [0.5, 0.6) is 0 Å². The number of fused-ring (bicyclic) bond motifs is 9. The van der Waals surface area contributed by atoms with Crippen LogP contribution < -0.4 is 9.80 Å². The third-order valence-electron chi connectivity index (χ3n) is 11.0. The van der Waals surface area contributed by atoms with Gasteiger partial charge >= 0.3 is 0 Å². The van der Waals surface area contributed by atoms with Crippen LogP contribution in [0.2, 0.25) is 0 Å². The maximum absolute atomic E-state index is 6.55. The number of furan rings is 1. The summed E-state index contributed by atoms with van der Waals surface area (Å²) in [4.78, 5) is 4.68. The highest BCUT2D eigenvalue weighted by atomic mass is 16.3. The van der Waals surface area contributed by atoms with Crippen molar-refractivity contribution in [1.29, 1.82) is 0 Å². The van der Waals surface area contributed by atoms with Crippen molar-refractivity contribution in [2.45, 2.75) is 6.92 Å². The highest BCUT2D eigenvalue weighted by Crippen LogP contribution is 2.52. The Morgan fingerprint density at radius 1 is 0.352 bits per heavy atom. The normalized spacial score (nSPS) is 11.8. The summed E-state index contributed by atoms with van der Waals surface area (Å²) in [5, 5.41) is 7.15. The molecule has 1 aromatic heterocycles. The van der Waals surface area contributed by atoms with Gasteiger partial charge in [0, 0.05) is 39.2 Å². The molecule has 0 unspecified atom stereocenters. The van der Waals surface area contributed by atoms with Crippen molar-refractivity contribution in [1.82, 2.24) is 0 Å². The summed E-state index contributed by atoms with van der Waals surface area (Å²) in [6, 6.07) is 67.7. The number of nitrogens with zero attached hydrogens (tertiary/aromatic N) is 2. The lowest BCUT2D eigenvalue weighted by molar-refractivity contribution is 0.669. The first-order valence-corrected chi connectivity index (χ1v) is 18.5. The van der Waals surface area contributed by atoms with Crippen LogP contribution in [-0.2, 0) is 0 Å². The number of anilines is 6. The second-order valence-electron chi connectivity index (χ2n) is 14.2. The first-order valence-electron chi connectivity index (χ1n) is 18.5. The van der Waals surface area contributed by atoms with Crippen LogP contribution >= 0.6 is 0 Å². The van der Waals surface area contributed by atoms with Crippen LogP contribution in [0, 0.1) is 6.92 Å². The van der Waals surface area contributed by atoms with Gasteiger partial charge in [0.25, 0.3) is 0 Å². The number of hydrogen-bond acceptors (Lipinski definition) is 3. The van der Waals surface area contributed by atoms with E-state index in [9.17, 15) is 0 Å². The molecule has 11 rings (SSSR count). The van der Waals surface area contributed by atoms with Gasteiger partial charge in [-0.2, -0.15) is 0 Å². The van der Waals surface area contributed by atoms with Gasteiger partial charge in [-0.25, -0.2) is 0 Å². The lowest BCUT2D eigenvalue weighted by Crippen LogP contribution is -2.11. The predicted molar refractivity (Wildman–Crippen MR) is 227 cm³/mol. The molecule has 0 fully saturated rings. The third-order valence-corrected chi connectivity index (χ3v) is 11.0. The van der Waals surface area contributed by atoms with E-state index in [0.717, 1.165) is 50.4 Å². The molecular formula is C51H34N2O. The van der Waals surface area contributed by atoms with Crippen LogP contribution in [0.4, 0.5) is 34.1 Å². The minimum absolute atomic E-state index is 0.883. The van der Waals surface area contributed by atoms with Crippen molar-refractivity contribution < 1.29 is 4.42 Å². The lowest BCUT2D eigenvalue weighted by Gasteiger charge is -2.29. The van der Waals surface area contributed by atoms with Gasteiger partial charge in [-0.15, -0.1) is 0 Å². The first kappa shape index (κ1) is 30.5. The molecule has 1 aliphatic carbocycles. The Bertz CT molecular complexity index is 3070. The fourth-order valence-electron chi connectivity index (χ4n) is 8.41. The Labute approximate surface area is 313 Å². The van der Waals surface area contributed by atoms with Crippen LogP contribution in [-0.4, -0.2) is 0 Å². The topological polar surface area (TPSA) is 19.6 Å². The van der Waals surface area contributed by atoms with E-state index in [0.29, 0.717) is 0 Å². The Kier molecular flexibility index (Phi) is 6.77. The summed E-state index contributed by atoms with van der Waals surface area (Å²) in [5.41, 5.74) is 14.9. The second kappa shape index (κ2) is 12.0. The number of aryl methyl sites for hydroxylation is 1. The number of rotatable bonds is 6. The van der Waals surface area contributed by atoms with E-state index in [-0.39, 0.29) is 0 Å². The fraction of sp³-hybridized carbons (Fsp3) is 0.0196. The van der Waals surface area contributed by atoms with Gasteiger partial charge in [0.05, 0.1) is 5.69 Å². The summed E-state index contributed by atoms with van der Waals surface area (Å²) in [6.07, 6.45) is 0. The molecule has 1 aliphatic rings. The number of hydrogen-bond donors (Lipinski definition) is 0. The molecule has 3 heteroatoms. The SMILES string of the molecule is Cc1ccccc1N(c1ccccc1)c1ccc2cc3c(cc2c1)-c1cc2cc(N(c4ccccc4)c4cccc5c4oc4ccccc45)ccc2cc1-3. The van der Waals surface area contributed by atoms with Crippen molar-refractivity contribution in [2.75, 3.05) is 9.80 Å². The fourth-order valence-corrected chi connectivity index (χ4v) is 8.41. The predicted octanol–water partition coefficient (Wildman–Crippen LogP) is 14.8. The minimum atomic E-state index is 0.883. The van der Waals surface area contributed by atoms with Crippen molar-refractivity contribution in [3.8, 4) is 22.3 Å². The molecule has 0 radical (unpaired) electrons. The molecule has 3 nitrogen and oxygen atoms in total. The third kappa shape index (κ3) is 4.76. The molecule has 0 spiro atoms. The molecule has 0 atom stereocenters. The van der Waals surface area contributed by atoms with Gasteiger partial charge in [0.2, 0.25) is 0 Å². The van der Waals surface area contributed by atoms with Crippen LogP contribution in [0.1, 0.15) is 5.56 Å². The highest BCUT2D eigenvalue weighted by Gasteiger charge is 2.25. The zero-order valence-corrected chi connectivity index (χ0v) is 29.7. The van der Waals surface area contributed by atoms with Gasteiger partial charge in [-0.3, -0.25) is 0 Å². The van der Waals surface area contributed by atoms with E-state index >= 15 is 0 Å². The van der Waals surface area contributed by atoms with Crippen LogP contribution in [0.25, 0.3) is 65.7 Å². The van der Waals surface area contributed by atoms with Gasteiger partial charge in [-0.1, -0.05) is 97.1 Å². The molecule has 0 saturated carbocycles. The summed E-state index contributed by atoms with van der Waals surface area (Å²) in [7, 11) is 0. The average Bonchev–Trinajstić information content (AvgIpc) is 3.61. The Morgan fingerprint density at radius 3 is 1.44 bits per heavy atom.